The van der Waals surface area contributed by atoms with E-state index in [4.69, 9.17) is 0 Å². The number of carbonyl (C=O) groups is 1. The monoisotopic (exact) mass is 378 g/mol. The van der Waals surface area contributed by atoms with Crippen LogP contribution in [-0.2, 0) is 12.8 Å². The molecule has 0 heterocycles. The lowest BCUT2D eigenvalue weighted by atomic mass is 9.86. The van der Waals surface area contributed by atoms with Crippen LogP contribution in [0.3, 0.4) is 0 Å². The molecule has 0 amide bonds. The van der Waals surface area contributed by atoms with E-state index in [9.17, 15) is 4.79 Å². The number of hydrogen-bond acceptors (Lipinski definition) is 1. The van der Waals surface area contributed by atoms with Crippen LogP contribution in [0, 0.1) is 19.8 Å². The fraction of sp³-hybridized carbons (Fsp3) is 0.519. The van der Waals surface area contributed by atoms with Crippen molar-refractivity contribution in [2.75, 3.05) is 0 Å². The van der Waals surface area contributed by atoms with Gasteiger partial charge in [0.05, 0.1) is 0 Å². The van der Waals surface area contributed by atoms with Gasteiger partial charge in [0.25, 0.3) is 0 Å². The van der Waals surface area contributed by atoms with Crippen molar-refractivity contribution in [3.05, 3.63) is 58.1 Å². The van der Waals surface area contributed by atoms with E-state index in [1.54, 1.807) is 0 Å². The third kappa shape index (κ3) is 4.93. The molecule has 0 saturated carbocycles. The van der Waals surface area contributed by atoms with Crippen LogP contribution in [0.2, 0.25) is 0 Å². The summed E-state index contributed by atoms with van der Waals surface area (Å²) >= 11 is 0. The van der Waals surface area contributed by atoms with Gasteiger partial charge >= 0.3 is 0 Å². The molecule has 0 N–H and O–H groups in total. The summed E-state index contributed by atoms with van der Waals surface area (Å²) in [4.78, 5) is 12.3. The average Bonchev–Trinajstić information content (AvgIpc) is 3.09. The predicted octanol–water partition coefficient (Wildman–Crippen LogP) is 7.88. The van der Waals surface area contributed by atoms with Crippen molar-refractivity contribution >= 4 is 5.78 Å². The van der Waals surface area contributed by atoms with Gasteiger partial charge in [0.1, 0.15) is 0 Å². The lowest BCUT2D eigenvalue weighted by Gasteiger charge is -2.18. The number of carbonyl (C=O) groups excluding carboxylic acids is 1. The maximum absolute atomic E-state index is 12.3. The summed E-state index contributed by atoms with van der Waals surface area (Å²) < 4.78 is 0. The van der Waals surface area contributed by atoms with Crippen LogP contribution >= 0.6 is 0 Å². The molecule has 0 saturated heterocycles. The molecule has 0 bridgehead atoms. The van der Waals surface area contributed by atoms with Crippen LogP contribution in [0.5, 0.6) is 0 Å². The number of aryl methyl sites for hydroxylation is 3. The first-order valence-corrected chi connectivity index (χ1v) is 11.3. The molecular weight excluding hydrogens is 340 g/mol. The van der Waals surface area contributed by atoms with E-state index in [0.717, 1.165) is 24.3 Å². The summed E-state index contributed by atoms with van der Waals surface area (Å²) in [6, 6.07) is 11.0. The Labute approximate surface area is 172 Å². The van der Waals surface area contributed by atoms with Gasteiger partial charge < -0.3 is 0 Å². The van der Waals surface area contributed by atoms with Gasteiger partial charge in [-0.1, -0.05) is 82.9 Å². The quantitative estimate of drug-likeness (QED) is 0.479. The molecule has 152 valence electrons. The summed E-state index contributed by atoms with van der Waals surface area (Å²) in [6.07, 6.45) is 7.77. The van der Waals surface area contributed by atoms with Crippen molar-refractivity contribution in [3.8, 4) is 11.1 Å². The summed E-state index contributed by atoms with van der Waals surface area (Å²) in [7, 11) is 0. The Morgan fingerprint density at radius 2 is 1.64 bits per heavy atom. The molecule has 0 fully saturated rings. The van der Waals surface area contributed by atoms with Crippen LogP contribution in [0.4, 0.5) is 0 Å². The van der Waals surface area contributed by atoms with E-state index < -0.39 is 0 Å². The normalized spacial score (nSPS) is 12.8. The highest BCUT2D eigenvalue weighted by Gasteiger charge is 2.25. The lowest BCUT2D eigenvalue weighted by molar-refractivity contribution is 0.0994. The zero-order chi connectivity index (χ0) is 20.7. The van der Waals surface area contributed by atoms with Gasteiger partial charge in [0.2, 0.25) is 0 Å². The van der Waals surface area contributed by atoms with Crippen molar-refractivity contribution in [2.45, 2.75) is 86.5 Å². The number of benzene rings is 2. The summed E-state index contributed by atoms with van der Waals surface area (Å²) in [5.74, 6) is 1.16. The second kappa shape index (κ2) is 10.6. The number of hydrogen-bond donors (Lipinski definition) is 0. The molecule has 0 aliphatic heterocycles. The second-order valence-corrected chi connectivity index (χ2v) is 7.94. The number of rotatable bonds is 7. The molecule has 1 nitrogen and oxygen atoms in total. The first kappa shape index (κ1) is 22.4. The molecule has 3 rings (SSSR count). The zero-order valence-corrected chi connectivity index (χ0v) is 18.8. The molecule has 0 unspecified atom stereocenters. The fourth-order valence-electron chi connectivity index (χ4n) is 4.42. The smallest absolute Gasteiger partial charge is 0.163 e. The maximum atomic E-state index is 12.3. The first-order chi connectivity index (χ1) is 13.5. The Morgan fingerprint density at radius 3 is 2.32 bits per heavy atom. The molecule has 1 heteroatoms. The highest BCUT2D eigenvalue weighted by molar-refractivity contribution is 6.03. The largest absolute Gasteiger partial charge is 0.294 e. The second-order valence-electron chi connectivity index (χ2n) is 7.94. The molecule has 2 aromatic carbocycles. The van der Waals surface area contributed by atoms with Crippen molar-refractivity contribution in [1.29, 1.82) is 0 Å². The number of fused-ring (bicyclic) bond motifs is 1. The first-order valence-electron chi connectivity index (χ1n) is 11.3. The van der Waals surface area contributed by atoms with Gasteiger partial charge in [0.15, 0.2) is 5.78 Å². The van der Waals surface area contributed by atoms with E-state index in [-0.39, 0.29) is 0 Å². The highest BCUT2D eigenvalue weighted by Crippen LogP contribution is 2.38. The molecule has 2 aromatic rings. The van der Waals surface area contributed by atoms with Crippen LogP contribution in [0.25, 0.3) is 11.1 Å². The van der Waals surface area contributed by atoms with E-state index in [1.165, 1.54) is 59.1 Å². The van der Waals surface area contributed by atoms with E-state index >= 15 is 0 Å². The fourth-order valence-corrected chi connectivity index (χ4v) is 4.42. The van der Waals surface area contributed by atoms with Crippen LogP contribution < -0.4 is 0 Å². The number of Topliss-reactive ketones (excluding diaryl/α,β-unsaturated/α-hetero) is 1. The topological polar surface area (TPSA) is 17.1 Å². The van der Waals surface area contributed by atoms with Crippen LogP contribution in [0.1, 0.15) is 92.4 Å². The van der Waals surface area contributed by atoms with E-state index in [0.29, 0.717) is 12.2 Å². The highest BCUT2D eigenvalue weighted by atomic mass is 16.1. The molecule has 1 aliphatic rings. The minimum absolute atomic E-state index is 0.315. The molecule has 0 radical (unpaired) electrons. The third-order valence-electron chi connectivity index (χ3n) is 6.18. The summed E-state index contributed by atoms with van der Waals surface area (Å²) in [5.41, 5.74) is 8.97. The van der Waals surface area contributed by atoms with Crippen LogP contribution in [-0.4, -0.2) is 5.78 Å². The Bertz CT molecular complexity index is 796. The Kier molecular flexibility index (Phi) is 8.48. The standard InChI is InChI=1S/C25H32O.C2H6/c1-5-19(6-2)8-7-9-20-12-13-21-22(14-15-24(21)26)25(20)23-16-17(3)10-11-18(23)4;1-2/h10-13,16,19H,5-9,14-15H2,1-4H3;1-2H3. The minimum atomic E-state index is 0.315. The van der Waals surface area contributed by atoms with Gasteiger partial charge in [-0.25, -0.2) is 0 Å². The van der Waals surface area contributed by atoms with Crippen molar-refractivity contribution in [3.63, 3.8) is 0 Å². The maximum Gasteiger partial charge on any atom is 0.163 e. The van der Waals surface area contributed by atoms with Gasteiger partial charge in [-0.3, -0.25) is 4.79 Å². The summed E-state index contributed by atoms with van der Waals surface area (Å²) in [6.45, 7) is 13.0. The SMILES string of the molecule is CC.CCC(CC)CCCc1ccc2c(c1-c1cc(C)ccc1C)CCC2=O. The lowest BCUT2D eigenvalue weighted by Crippen LogP contribution is -2.02. The van der Waals surface area contributed by atoms with Gasteiger partial charge in [-0.05, 0) is 66.8 Å². The molecule has 28 heavy (non-hydrogen) atoms. The molecule has 0 aromatic heterocycles. The average molecular weight is 379 g/mol. The van der Waals surface area contributed by atoms with Crippen molar-refractivity contribution in [2.24, 2.45) is 5.92 Å². The van der Waals surface area contributed by atoms with Gasteiger partial charge in [-0.15, -0.1) is 0 Å². The Morgan fingerprint density at radius 1 is 0.929 bits per heavy atom. The zero-order valence-electron chi connectivity index (χ0n) is 18.8. The molecule has 1 aliphatic carbocycles. The van der Waals surface area contributed by atoms with Crippen molar-refractivity contribution in [1.82, 2.24) is 0 Å². The Balaban J connectivity index is 0.00000136. The van der Waals surface area contributed by atoms with Gasteiger partial charge in [-0.2, -0.15) is 0 Å². The molecular formula is C27H38O. The van der Waals surface area contributed by atoms with Gasteiger partial charge in [0, 0.05) is 12.0 Å². The molecule has 0 atom stereocenters. The number of ketones is 1. The van der Waals surface area contributed by atoms with E-state index in [1.807, 2.05) is 13.8 Å². The summed E-state index contributed by atoms with van der Waals surface area (Å²) in [5, 5.41) is 0. The Hall–Kier alpha value is -1.89. The van der Waals surface area contributed by atoms with Crippen molar-refractivity contribution < 1.29 is 4.79 Å². The predicted molar refractivity (Wildman–Crippen MR) is 122 cm³/mol. The van der Waals surface area contributed by atoms with Crippen LogP contribution in [0.15, 0.2) is 30.3 Å². The molecule has 0 spiro atoms. The minimum Gasteiger partial charge on any atom is -0.294 e. The third-order valence-corrected chi connectivity index (χ3v) is 6.18. The van der Waals surface area contributed by atoms with E-state index in [2.05, 4.69) is 58.0 Å².